The Balaban J connectivity index is 1.52. The molecule has 0 aromatic heterocycles. The molecule has 2 aliphatic rings. The van der Waals surface area contributed by atoms with Crippen molar-refractivity contribution in [2.75, 3.05) is 21.8 Å². The van der Waals surface area contributed by atoms with Crippen LogP contribution in [-0.4, -0.2) is 36.1 Å². The fourth-order valence-electron chi connectivity index (χ4n) is 3.37. The fraction of sp³-hybridized carbons (Fsp3) is 0.238. The molecule has 0 aliphatic carbocycles. The highest BCUT2D eigenvalue weighted by molar-refractivity contribution is 6.43. The van der Waals surface area contributed by atoms with Crippen molar-refractivity contribution in [3.8, 4) is 0 Å². The third kappa shape index (κ3) is 3.82. The Labute approximate surface area is 168 Å². The summed E-state index contributed by atoms with van der Waals surface area (Å²) in [4.78, 5) is 43.1. The highest BCUT2D eigenvalue weighted by atomic mass is 16.2. The van der Waals surface area contributed by atoms with Gasteiger partial charge in [0, 0.05) is 24.3 Å². The molecule has 8 heteroatoms. The van der Waals surface area contributed by atoms with Gasteiger partial charge in [0.15, 0.2) is 0 Å². The van der Waals surface area contributed by atoms with Gasteiger partial charge >= 0.3 is 0 Å². The number of aliphatic imine (C=N–C) groups is 1. The largest absolute Gasteiger partial charge is 0.319 e. The lowest BCUT2D eigenvalue weighted by Gasteiger charge is -2.30. The van der Waals surface area contributed by atoms with Crippen LogP contribution in [0.25, 0.3) is 0 Å². The minimum atomic E-state index is -0.689. The average Bonchev–Trinajstić information content (AvgIpc) is 3.16. The van der Waals surface area contributed by atoms with Crippen LogP contribution in [-0.2, 0) is 14.4 Å². The topological polar surface area (TPSA) is 94.1 Å². The first kappa shape index (κ1) is 18.7. The minimum Gasteiger partial charge on any atom is -0.319 e. The SMILES string of the molecule is CC1N=C(C(=O)Nc2cccc(N3CCCC3=O)c2)NN(c2ccccc2)C1=O. The van der Waals surface area contributed by atoms with Gasteiger partial charge in [-0.3, -0.25) is 19.8 Å². The van der Waals surface area contributed by atoms with Gasteiger partial charge in [-0.25, -0.2) is 10.0 Å². The molecule has 1 fully saturated rings. The Hall–Kier alpha value is -3.68. The van der Waals surface area contributed by atoms with E-state index >= 15 is 0 Å². The molecular formula is C21H21N5O3. The number of benzene rings is 2. The summed E-state index contributed by atoms with van der Waals surface area (Å²) in [7, 11) is 0. The lowest BCUT2D eigenvalue weighted by molar-refractivity contribution is -0.120. The summed E-state index contributed by atoms with van der Waals surface area (Å²) in [5.41, 5.74) is 4.73. The van der Waals surface area contributed by atoms with Gasteiger partial charge < -0.3 is 10.2 Å². The van der Waals surface area contributed by atoms with E-state index in [0.29, 0.717) is 24.3 Å². The molecule has 1 saturated heterocycles. The van der Waals surface area contributed by atoms with Crippen molar-refractivity contribution < 1.29 is 14.4 Å². The van der Waals surface area contributed by atoms with E-state index in [2.05, 4.69) is 15.7 Å². The zero-order chi connectivity index (χ0) is 20.4. The summed E-state index contributed by atoms with van der Waals surface area (Å²) >= 11 is 0. The quantitative estimate of drug-likeness (QED) is 0.835. The van der Waals surface area contributed by atoms with E-state index in [1.165, 1.54) is 5.01 Å². The number of hydrogen-bond donors (Lipinski definition) is 2. The molecule has 2 aromatic rings. The number of carbonyl (C=O) groups excluding carboxylic acids is 3. The second-order valence-electron chi connectivity index (χ2n) is 6.93. The van der Waals surface area contributed by atoms with E-state index in [1.54, 1.807) is 42.2 Å². The van der Waals surface area contributed by atoms with Crippen LogP contribution in [0, 0.1) is 0 Å². The maximum absolute atomic E-state index is 12.8. The van der Waals surface area contributed by atoms with E-state index in [1.807, 2.05) is 24.3 Å². The first-order chi connectivity index (χ1) is 14.0. The van der Waals surface area contributed by atoms with E-state index in [4.69, 9.17) is 0 Å². The third-order valence-electron chi connectivity index (χ3n) is 4.84. The van der Waals surface area contributed by atoms with Crippen molar-refractivity contribution in [1.29, 1.82) is 0 Å². The van der Waals surface area contributed by atoms with Crippen LogP contribution in [0.1, 0.15) is 19.8 Å². The second-order valence-corrected chi connectivity index (χ2v) is 6.93. The Morgan fingerprint density at radius 2 is 1.86 bits per heavy atom. The molecule has 0 saturated carbocycles. The van der Waals surface area contributed by atoms with Crippen LogP contribution >= 0.6 is 0 Å². The molecule has 2 aromatic carbocycles. The summed E-state index contributed by atoms with van der Waals surface area (Å²) < 4.78 is 0. The molecule has 148 valence electrons. The number of para-hydroxylation sites is 1. The number of anilines is 3. The highest BCUT2D eigenvalue weighted by Crippen LogP contribution is 2.24. The molecule has 8 nitrogen and oxygen atoms in total. The fourth-order valence-corrected chi connectivity index (χ4v) is 3.37. The van der Waals surface area contributed by atoms with Crippen molar-refractivity contribution in [3.05, 3.63) is 54.6 Å². The molecular weight excluding hydrogens is 370 g/mol. The number of nitrogens with one attached hydrogen (secondary N) is 2. The van der Waals surface area contributed by atoms with Gasteiger partial charge in [0.1, 0.15) is 6.04 Å². The molecule has 4 rings (SSSR count). The van der Waals surface area contributed by atoms with Crippen LogP contribution in [0.4, 0.5) is 17.1 Å². The zero-order valence-corrected chi connectivity index (χ0v) is 16.0. The lowest BCUT2D eigenvalue weighted by atomic mass is 10.2. The maximum atomic E-state index is 12.8. The number of nitrogens with zero attached hydrogens (tertiary/aromatic N) is 3. The predicted octanol–water partition coefficient (Wildman–Crippen LogP) is 2.09. The first-order valence-corrected chi connectivity index (χ1v) is 9.48. The Kier molecular flexibility index (Phi) is 4.99. The van der Waals surface area contributed by atoms with Gasteiger partial charge in [0.2, 0.25) is 11.7 Å². The zero-order valence-electron chi connectivity index (χ0n) is 16.0. The molecule has 0 spiro atoms. The van der Waals surface area contributed by atoms with Crippen molar-refractivity contribution in [2.45, 2.75) is 25.8 Å². The molecule has 0 bridgehead atoms. The molecule has 2 aliphatic heterocycles. The van der Waals surface area contributed by atoms with Gasteiger partial charge in [0.05, 0.1) is 5.69 Å². The molecule has 1 atom stereocenters. The van der Waals surface area contributed by atoms with Gasteiger partial charge in [-0.2, -0.15) is 0 Å². The van der Waals surface area contributed by atoms with E-state index in [-0.39, 0.29) is 17.6 Å². The number of amidine groups is 1. The predicted molar refractivity (Wildman–Crippen MR) is 111 cm³/mol. The maximum Gasteiger partial charge on any atom is 0.292 e. The molecule has 2 N–H and O–H groups in total. The highest BCUT2D eigenvalue weighted by Gasteiger charge is 2.31. The number of hydrazine groups is 1. The van der Waals surface area contributed by atoms with Crippen LogP contribution in [0.5, 0.6) is 0 Å². The van der Waals surface area contributed by atoms with Crippen LogP contribution in [0.15, 0.2) is 59.6 Å². The average molecular weight is 391 g/mol. The monoisotopic (exact) mass is 391 g/mol. The smallest absolute Gasteiger partial charge is 0.292 e. The number of hydrogen-bond acceptors (Lipinski definition) is 5. The number of carbonyl (C=O) groups is 3. The summed E-state index contributed by atoms with van der Waals surface area (Å²) in [6, 6.07) is 15.5. The second kappa shape index (κ2) is 7.75. The van der Waals surface area contributed by atoms with E-state index in [9.17, 15) is 14.4 Å². The van der Waals surface area contributed by atoms with Gasteiger partial charge in [0.25, 0.3) is 11.8 Å². The molecule has 29 heavy (non-hydrogen) atoms. The summed E-state index contributed by atoms with van der Waals surface area (Å²) in [5, 5.41) is 4.11. The van der Waals surface area contributed by atoms with Crippen LogP contribution in [0.2, 0.25) is 0 Å². The van der Waals surface area contributed by atoms with Crippen molar-refractivity contribution in [2.24, 2.45) is 4.99 Å². The van der Waals surface area contributed by atoms with Gasteiger partial charge in [-0.05, 0) is 43.7 Å². The summed E-state index contributed by atoms with van der Waals surface area (Å²) in [6.45, 7) is 2.32. The Morgan fingerprint density at radius 3 is 2.59 bits per heavy atom. The first-order valence-electron chi connectivity index (χ1n) is 9.48. The normalized spacial score (nSPS) is 19.1. The lowest BCUT2D eigenvalue weighted by Crippen LogP contribution is -2.57. The molecule has 3 amide bonds. The number of amides is 3. The van der Waals surface area contributed by atoms with Crippen LogP contribution < -0.4 is 20.7 Å². The standard InChI is InChI=1S/C21H21N5O3/c1-14-21(29)26(16-8-3-2-4-9-16)24-19(22-14)20(28)23-15-7-5-10-17(13-15)25-12-6-11-18(25)27/h2-5,7-10,13-14H,6,11-12H2,1H3,(H,22,24)(H,23,28). The van der Waals surface area contributed by atoms with Crippen molar-refractivity contribution in [1.82, 2.24) is 5.43 Å². The van der Waals surface area contributed by atoms with E-state index in [0.717, 1.165) is 12.1 Å². The summed E-state index contributed by atoms with van der Waals surface area (Å²) in [5.74, 6) is -0.585. The summed E-state index contributed by atoms with van der Waals surface area (Å²) in [6.07, 6.45) is 1.37. The van der Waals surface area contributed by atoms with Gasteiger partial charge in [-0.15, -0.1) is 0 Å². The van der Waals surface area contributed by atoms with Crippen molar-refractivity contribution in [3.63, 3.8) is 0 Å². The van der Waals surface area contributed by atoms with Crippen molar-refractivity contribution >= 4 is 40.6 Å². The molecule has 1 unspecified atom stereocenters. The van der Waals surface area contributed by atoms with Gasteiger partial charge in [-0.1, -0.05) is 24.3 Å². The van der Waals surface area contributed by atoms with E-state index < -0.39 is 11.9 Å². The molecule has 2 heterocycles. The minimum absolute atomic E-state index is 0.0450. The molecule has 0 radical (unpaired) electrons. The Bertz CT molecular complexity index is 989. The van der Waals surface area contributed by atoms with Crippen LogP contribution in [0.3, 0.4) is 0 Å². The third-order valence-corrected chi connectivity index (χ3v) is 4.84. The Morgan fingerprint density at radius 1 is 1.10 bits per heavy atom. The number of rotatable bonds is 4.